The summed E-state index contributed by atoms with van der Waals surface area (Å²) in [5.74, 6) is 3.33. The number of benzene rings is 16. The van der Waals surface area contributed by atoms with Crippen LogP contribution in [0.5, 0.6) is 0 Å². The number of hydrogen-bond acceptors (Lipinski definition) is 10. The van der Waals surface area contributed by atoms with E-state index >= 15 is 0 Å². The molecule has 8 aromatic heterocycles. The minimum Gasteiger partial charge on any atom is -0.456 e. The number of para-hydroxylation sites is 6. The van der Waals surface area contributed by atoms with Gasteiger partial charge in [-0.15, -0.1) is 0 Å². The molecule has 12 heteroatoms. The molecule has 0 aliphatic heterocycles. The molecule has 114 heavy (non-hydrogen) atoms. The van der Waals surface area contributed by atoms with Gasteiger partial charge in [-0.2, -0.15) is 0 Å². The summed E-state index contributed by atoms with van der Waals surface area (Å²) in [4.78, 5) is 30.3. The second-order valence-corrected chi connectivity index (χ2v) is 28.7. The van der Waals surface area contributed by atoms with Gasteiger partial charge in [-0.25, -0.2) is 29.9 Å². The van der Waals surface area contributed by atoms with Crippen LogP contribution in [0.1, 0.15) is 0 Å². The lowest BCUT2D eigenvalue weighted by Crippen LogP contribution is -2.00. The van der Waals surface area contributed by atoms with Gasteiger partial charge in [0, 0.05) is 76.1 Å². The van der Waals surface area contributed by atoms with Crippen LogP contribution in [0.3, 0.4) is 0 Å². The van der Waals surface area contributed by atoms with E-state index in [4.69, 9.17) is 47.6 Å². The Kier molecular flexibility index (Phi) is 14.7. The molecule has 0 aliphatic rings. The second-order valence-electron chi connectivity index (χ2n) is 28.7. The first kappa shape index (κ1) is 64.3. The van der Waals surface area contributed by atoms with Crippen molar-refractivity contribution in [3.05, 3.63) is 364 Å². The molecule has 0 bridgehead atoms. The molecule has 0 atom stereocenters. The van der Waals surface area contributed by atoms with Gasteiger partial charge in [0.2, 0.25) is 0 Å². The summed E-state index contributed by atoms with van der Waals surface area (Å²) in [6.07, 6.45) is 0. The van der Waals surface area contributed by atoms with Crippen molar-refractivity contribution in [2.75, 3.05) is 0 Å². The maximum atomic E-state index is 6.69. The smallest absolute Gasteiger partial charge is 0.167 e. The van der Waals surface area contributed by atoms with Crippen LogP contribution in [0.25, 0.3) is 233 Å². The highest BCUT2D eigenvalue weighted by atomic mass is 16.3. The van der Waals surface area contributed by atoms with Crippen molar-refractivity contribution < 1.29 is 17.7 Å². The van der Waals surface area contributed by atoms with Crippen molar-refractivity contribution in [1.82, 2.24) is 39.0 Å². The summed E-state index contributed by atoms with van der Waals surface area (Å²) < 4.78 is 31.0. The van der Waals surface area contributed by atoms with E-state index in [-0.39, 0.29) is 0 Å². The fourth-order valence-electron chi connectivity index (χ4n) is 16.9. The highest BCUT2D eigenvalue weighted by molar-refractivity contribution is 6.18. The van der Waals surface area contributed by atoms with E-state index in [1.54, 1.807) is 0 Å². The average Bonchev–Trinajstić information content (AvgIpc) is 1.05. The maximum Gasteiger partial charge on any atom is 0.167 e. The molecular weight excluding hydrogens is 1400 g/mol. The Morgan fingerprint density at radius 2 is 0.518 bits per heavy atom. The number of aromatic nitrogens is 8. The quantitative estimate of drug-likeness (QED) is 0.130. The van der Waals surface area contributed by atoms with Gasteiger partial charge in [0.05, 0.1) is 55.3 Å². The Labute approximate surface area is 650 Å². The Balaban J connectivity index is 0.000000135. The van der Waals surface area contributed by atoms with Gasteiger partial charge in [0.25, 0.3) is 0 Å². The molecule has 0 saturated carbocycles. The number of hydrogen-bond donors (Lipinski definition) is 0. The van der Waals surface area contributed by atoms with Gasteiger partial charge in [-0.1, -0.05) is 261 Å². The summed E-state index contributed by atoms with van der Waals surface area (Å²) in [5, 5.41) is 13.1. The van der Waals surface area contributed by atoms with Gasteiger partial charge in [0.1, 0.15) is 44.7 Å². The SMILES string of the molecule is c1ccc(-c2ccc3c(c2)c2ccccc2n3-c2cccc3oc4cc(-c5nc(-c6ccccc6)nc(-c6cccc7c6oc6ccccc67)n5)ccc4c23)cc1.c1ccc(-c2ccc3c4ccccc4n(-c4cccc5oc6cc(-c7nc(-c8ccccc8)nc(-c8cccc9c8oc8ccccc89)n7)ccc6c45)c3c2)cc1. The van der Waals surface area contributed by atoms with Crippen LogP contribution >= 0.6 is 0 Å². The first-order chi connectivity index (χ1) is 56.5. The molecule has 0 N–H and O–H groups in total. The van der Waals surface area contributed by atoms with Gasteiger partial charge >= 0.3 is 0 Å². The molecule has 8 heterocycles. The van der Waals surface area contributed by atoms with Gasteiger partial charge in [-0.3, -0.25) is 0 Å². The molecule has 16 aromatic carbocycles. The van der Waals surface area contributed by atoms with Crippen molar-refractivity contribution in [2.24, 2.45) is 0 Å². The van der Waals surface area contributed by atoms with E-state index in [1.165, 1.54) is 43.8 Å². The van der Waals surface area contributed by atoms with E-state index in [0.29, 0.717) is 34.9 Å². The lowest BCUT2D eigenvalue weighted by Gasteiger charge is -2.11. The first-order valence-corrected chi connectivity index (χ1v) is 38.0. The highest BCUT2D eigenvalue weighted by Crippen LogP contribution is 2.45. The molecule has 24 aromatic rings. The van der Waals surface area contributed by atoms with Crippen molar-refractivity contribution in [2.45, 2.75) is 0 Å². The zero-order chi connectivity index (χ0) is 74.9. The molecule has 24 rings (SSSR count). The Morgan fingerprint density at radius 1 is 0.175 bits per heavy atom. The lowest BCUT2D eigenvalue weighted by molar-refractivity contribution is 0.668. The van der Waals surface area contributed by atoms with E-state index in [9.17, 15) is 0 Å². The monoisotopic (exact) mass is 1460 g/mol. The summed E-state index contributed by atoms with van der Waals surface area (Å²) in [6, 6.07) is 126. The van der Waals surface area contributed by atoms with E-state index in [0.717, 1.165) is 155 Å². The predicted octanol–water partition coefficient (Wildman–Crippen LogP) is 26.9. The van der Waals surface area contributed by atoms with Crippen molar-refractivity contribution in [1.29, 1.82) is 0 Å². The zero-order valence-corrected chi connectivity index (χ0v) is 60.9. The van der Waals surface area contributed by atoms with Crippen molar-refractivity contribution in [3.8, 4) is 102 Å². The fraction of sp³-hybridized carbons (Fsp3) is 0. The molecule has 0 spiro atoms. The minimum absolute atomic E-state index is 0.539. The third kappa shape index (κ3) is 10.5. The largest absolute Gasteiger partial charge is 0.456 e. The maximum absolute atomic E-state index is 6.69. The van der Waals surface area contributed by atoms with Crippen LogP contribution in [0.4, 0.5) is 0 Å². The van der Waals surface area contributed by atoms with Crippen LogP contribution in [-0.4, -0.2) is 39.0 Å². The molecule has 0 amide bonds. The average molecular weight is 1460 g/mol. The standard InChI is InChI=1S/2C51H30N4O2/c1-3-13-31(14-4-1)33-26-28-42-40(29-33)35-17-7-9-21-41(35)55(42)43-22-12-24-45-47(43)38-27-25-34(30-46(38)56-45)50-52-49(32-15-5-2-6-16-32)53-51(54-50)39-20-11-19-37-36-18-8-10-23-44(36)57-48(37)39;1-3-13-31(14-4-1)33-25-27-36-35-17-7-9-21-41(35)55(43(36)29-33)42-22-12-24-45-47(42)39-28-26-34(30-46(39)56-45)50-52-49(32-15-5-2-6-16-32)53-51(54-50)40-20-11-19-38-37-18-8-10-23-44(37)57-48(38)40/h2*1-30H. The Morgan fingerprint density at radius 3 is 1.02 bits per heavy atom. The van der Waals surface area contributed by atoms with Gasteiger partial charge < -0.3 is 26.8 Å². The summed E-state index contributed by atoms with van der Waals surface area (Å²) >= 11 is 0. The molecule has 532 valence electrons. The minimum atomic E-state index is 0.539. The molecule has 0 radical (unpaired) electrons. The van der Waals surface area contributed by atoms with Crippen molar-refractivity contribution in [3.63, 3.8) is 0 Å². The summed E-state index contributed by atoms with van der Waals surface area (Å²) in [6.45, 7) is 0. The zero-order valence-electron chi connectivity index (χ0n) is 60.9. The van der Waals surface area contributed by atoms with E-state index in [2.05, 4.69) is 228 Å². The molecule has 12 nitrogen and oxygen atoms in total. The third-order valence-corrected chi connectivity index (χ3v) is 22.1. The molecule has 0 fully saturated rings. The van der Waals surface area contributed by atoms with Crippen LogP contribution < -0.4 is 0 Å². The Hall–Kier alpha value is -15.7. The topological polar surface area (TPSA) is 140 Å². The number of rotatable bonds is 10. The van der Waals surface area contributed by atoms with E-state index < -0.39 is 0 Å². The third-order valence-electron chi connectivity index (χ3n) is 22.1. The van der Waals surface area contributed by atoms with E-state index in [1.807, 2.05) is 146 Å². The number of furan rings is 4. The lowest BCUT2D eigenvalue weighted by atomic mass is 10.0. The Bertz CT molecular complexity index is 7990. The summed E-state index contributed by atoms with van der Waals surface area (Å²) in [7, 11) is 0. The highest BCUT2D eigenvalue weighted by Gasteiger charge is 2.25. The number of fused-ring (bicyclic) bond motifs is 18. The molecule has 0 aliphatic carbocycles. The summed E-state index contributed by atoms with van der Waals surface area (Å²) in [5.41, 5.74) is 22.7. The van der Waals surface area contributed by atoms with Crippen LogP contribution in [0.15, 0.2) is 382 Å². The second kappa shape index (κ2) is 26.0. The first-order valence-electron chi connectivity index (χ1n) is 38.0. The van der Waals surface area contributed by atoms with Crippen LogP contribution in [-0.2, 0) is 0 Å². The molecule has 0 unspecified atom stereocenters. The fourth-order valence-corrected chi connectivity index (χ4v) is 16.9. The predicted molar refractivity (Wildman–Crippen MR) is 461 cm³/mol. The van der Waals surface area contributed by atoms with Gasteiger partial charge in [-0.05, 0) is 125 Å². The van der Waals surface area contributed by atoms with Crippen LogP contribution in [0, 0.1) is 0 Å². The number of nitrogens with zero attached hydrogens (tertiary/aromatic N) is 8. The van der Waals surface area contributed by atoms with Crippen LogP contribution in [0.2, 0.25) is 0 Å². The molecular formula is C102H60N8O4. The van der Waals surface area contributed by atoms with Gasteiger partial charge in [0.15, 0.2) is 34.9 Å². The van der Waals surface area contributed by atoms with Crippen molar-refractivity contribution >= 4 is 131 Å². The molecule has 0 saturated heterocycles. The normalized spacial score (nSPS) is 11.9.